The van der Waals surface area contributed by atoms with E-state index in [0.29, 0.717) is 25.7 Å². The Balaban J connectivity index is 5.24. The number of aliphatic hydroxyl groups excluding tert-OH is 1. The molecule has 0 spiro atoms. The van der Waals surface area contributed by atoms with Gasteiger partial charge in [-0.1, -0.05) is 401 Å². The molecule has 618 valence electrons. The number of ether oxygens (including phenoxy) is 4. The third kappa shape index (κ3) is 78.2. The first-order chi connectivity index (χ1) is 50.4. The lowest BCUT2D eigenvalue weighted by Gasteiger charge is -2.21. The summed E-state index contributed by atoms with van der Waals surface area (Å²) in [4.78, 5) is 73.2. The quantitative estimate of drug-likeness (QED) is 0.0222. The van der Waals surface area contributed by atoms with Crippen molar-refractivity contribution in [2.45, 2.75) is 471 Å². The van der Waals surface area contributed by atoms with Crippen molar-refractivity contribution >= 4 is 39.5 Å². The van der Waals surface area contributed by atoms with Gasteiger partial charge in [-0.2, -0.15) is 0 Å². The molecule has 0 aliphatic carbocycles. The van der Waals surface area contributed by atoms with Crippen LogP contribution in [0.3, 0.4) is 0 Å². The van der Waals surface area contributed by atoms with Crippen LogP contribution in [-0.4, -0.2) is 96.7 Å². The average molecular weight is 1520 g/mol. The molecule has 0 amide bonds. The van der Waals surface area contributed by atoms with Gasteiger partial charge in [0.25, 0.3) is 0 Å². The Morgan fingerprint density at radius 3 is 0.654 bits per heavy atom. The molecule has 0 bridgehead atoms. The standard InChI is InChI=1S/C85H166O17P2/c1-7-9-11-13-15-17-19-20-21-22-23-24-25-26-27-32-39-45-51-57-63-69-84(89)102-81(74-96-83(88)68-62-56-50-44-38-33-28-30-36-41-47-53-59-65-77(3)4)76-100-104(93,94)98-72-79(86)71-97-103(91,92)99-75-80(73-95-82(87)67-61-55-49-43-35-18-16-14-12-10-8-2)101-85(90)70-64-58-52-46-40-34-29-31-37-42-48-54-60-66-78(5)6/h77-81,86H,7-76H2,1-6H3,(H,91,92)(H,93,94)/t79-,80+,81+/m0/s1. The van der Waals surface area contributed by atoms with Gasteiger partial charge in [0, 0.05) is 25.7 Å². The van der Waals surface area contributed by atoms with E-state index in [1.165, 1.54) is 270 Å². The third-order valence-electron chi connectivity index (χ3n) is 20.0. The van der Waals surface area contributed by atoms with E-state index in [0.717, 1.165) is 102 Å². The summed E-state index contributed by atoms with van der Waals surface area (Å²) < 4.78 is 68.9. The van der Waals surface area contributed by atoms with Gasteiger partial charge in [0.15, 0.2) is 12.2 Å². The zero-order chi connectivity index (χ0) is 76.4. The largest absolute Gasteiger partial charge is 0.472 e. The second kappa shape index (κ2) is 76.4. The fraction of sp³-hybridized carbons (Fsp3) is 0.953. The number of hydrogen-bond acceptors (Lipinski definition) is 15. The predicted molar refractivity (Wildman–Crippen MR) is 428 cm³/mol. The maximum atomic E-state index is 13.1. The molecule has 0 heterocycles. The molecule has 0 saturated heterocycles. The predicted octanol–water partition coefficient (Wildman–Crippen LogP) is 25.8. The van der Waals surface area contributed by atoms with Crippen molar-refractivity contribution in [1.29, 1.82) is 0 Å². The fourth-order valence-corrected chi connectivity index (χ4v) is 14.8. The first kappa shape index (κ1) is 102. The van der Waals surface area contributed by atoms with Crippen LogP contribution in [0.1, 0.15) is 452 Å². The van der Waals surface area contributed by atoms with E-state index >= 15 is 0 Å². The number of aliphatic hydroxyl groups is 1. The Morgan fingerprint density at radius 2 is 0.442 bits per heavy atom. The molecule has 0 aliphatic rings. The highest BCUT2D eigenvalue weighted by molar-refractivity contribution is 7.47. The van der Waals surface area contributed by atoms with E-state index < -0.39 is 97.5 Å². The molecular weight excluding hydrogens is 1350 g/mol. The molecule has 0 radical (unpaired) electrons. The van der Waals surface area contributed by atoms with Crippen molar-refractivity contribution in [3.63, 3.8) is 0 Å². The molecular formula is C85H166O17P2. The smallest absolute Gasteiger partial charge is 0.462 e. The fourth-order valence-electron chi connectivity index (χ4n) is 13.2. The monoisotopic (exact) mass is 1520 g/mol. The van der Waals surface area contributed by atoms with E-state index in [2.05, 4.69) is 41.5 Å². The van der Waals surface area contributed by atoms with Crippen LogP contribution in [0.15, 0.2) is 0 Å². The number of phosphoric ester groups is 2. The van der Waals surface area contributed by atoms with E-state index in [9.17, 15) is 43.2 Å². The van der Waals surface area contributed by atoms with Crippen molar-refractivity contribution in [3.8, 4) is 0 Å². The summed E-state index contributed by atoms with van der Waals surface area (Å²) >= 11 is 0. The van der Waals surface area contributed by atoms with Crippen LogP contribution in [0.4, 0.5) is 0 Å². The maximum absolute atomic E-state index is 13.1. The van der Waals surface area contributed by atoms with Crippen molar-refractivity contribution in [2.24, 2.45) is 11.8 Å². The van der Waals surface area contributed by atoms with Crippen LogP contribution in [-0.2, 0) is 65.4 Å². The molecule has 0 aromatic carbocycles. The van der Waals surface area contributed by atoms with Crippen LogP contribution in [0.25, 0.3) is 0 Å². The van der Waals surface area contributed by atoms with Crippen molar-refractivity contribution < 1.29 is 80.2 Å². The van der Waals surface area contributed by atoms with Crippen LogP contribution >= 0.6 is 15.6 Å². The summed E-state index contributed by atoms with van der Waals surface area (Å²) in [5.41, 5.74) is 0. The normalized spacial score (nSPS) is 13.8. The van der Waals surface area contributed by atoms with Gasteiger partial charge in [0.2, 0.25) is 0 Å². The van der Waals surface area contributed by atoms with Crippen LogP contribution in [0.5, 0.6) is 0 Å². The summed E-state index contributed by atoms with van der Waals surface area (Å²) in [6, 6.07) is 0. The van der Waals surface area contributed by atoms with Crippen LogP contribution < -0.4 is 0 Å². The number of carbonyl (C=O) groups excluding carboxylic acids is 4. The lowest BCUT2D eigenvalue weighted by atomic mass is 10.0. The number of unbranched alkanes of at least 4 members (excludes halogenated alkanes) is 54. The highest BCUT2D eigenvalue weighted by Crippen LogP contribution is 2.45. The van der Waals surface area contributed by atoms with Gasteiger partial charge in [-0.3, -0.25) is 37.3 Å². The number of esters is 4. The average Bonchev–Trinajstić information content (AvgIpc) is 0.903. The molecule has 104 heavy (non-hydrogen) atoms. The lowest BCUT2D eigenvalue weighted by molar-refractivity contribution is -0.161. The van der Waals surface area contributed by atoms with Gasteiger partial charge >= 0.3 is 39.5 Å². The number of carbonyl (C=O) groups is 4. The second-order valence-corrected chi connectivity index (χ2v) is 34.4. The third-order valence-corrected chi connectivity index (χ3v) is 21.9. The Bertz CT molecular complexity index is 1990. The van der Waals surface area contributed by atoms with Gasteiger partial charge < -0.3 is 33.8 Å². The molecule has 0 aromatic rings. The zero-order valence-corrected chi connectivity index (χ0v) is 70.1. The summed E-state index contributed by atoms with van der Waals surface area (Å²) in [5.74, 6) is -0.525. The van der Waals surface area contributed by atoms with E-state index in [-0.39, 0.29) is 25.7 Å². The molecule has 0 saturated carbocycles. The van der Waals surface area contributed by atoms with Crippen molar-refractivity contribution in [3.05, 3.63) is 0 Å². The van der Waals surface area contributed by atoms with Gasteiger partial charge in [-0.05, 0) is 37.5 Å². The number of rotatable bonds is 84. The highest BCUT2D eigenvalue weighted by Gasteiger charge is 2.30. The van der Waals surface area contributed by atoms with E-state index in [1.807, 2.05) is 0 Å². The molecule has 0 aromatic heterocycles. The Hall–Kier alpha value is -1.94. The number of hydrogen-bond donors (Lipinski definition) is 3. The van der Waals surface area contributed by atoms with Crippen LogP contribution in [0, 0.1) is 11.8 Å². The van der Waals surface area contributed by atoms with Gasteiger partial charge in [0.1, 0.15) is 19.3 Å². The van der Waals surface area contributed by atoms with Gasteiger partial charge in [0.05, 0.1) is 26.4 Å². The van der Waals surface area contributed by atoms with Crippen molar-refractivity contribution in [1.82, 2.24) is 0 Å². The van der Waals surface area contributed by atoms with E-state index in [4.69, 9.17) is 37.0 Å². The molecule has 3 N–H and O–H groups in total. The molecule has 0 fully saturated rings. The maximum Gasteiger partial charge on any atom is 0.472 e. The zero-order valence-electron chi connectivity index (χ0n) is 68.3. The van der Waals surface area contributed by atoms with Crippen molar-refractivity contribution in [2.75, 3.05) is 39.6 Å². The summed E-state index contributed by atoms with van der Waals surface area (Å²) in [5, 5.41) is 10.7. The molecule has 2 unspecified atom stereocenters. The van der Waals surface area contributed by atoms with Gasteiger partial charge in [-0.25, -0.2) is 9.13 Å². The summed E-state index contributed by atoms with van der Waals surface area (Å²) in [7, 11) is -9.93. The molecule has 5 atom stereocenters. The highest BCUT2D eigenvalue weighted by atomic mass is 31.2. The lowest BCUT2D eigenvalue weighted by Crippen LogP contribution is -2.30. The molecule has 17 nitrogen and oxygen atoms in total. The topological polar surface area (TPSA) is 237 Å². The SMILES string of the molecule is CCCCCCCCCCCCCCCCCCCCCCCC(=O)O[C@H](COC(=O)CCCCCCCCCCCCCCCC(C)C)COP(=O)(O)OC[C@@H](O)COP(=O)(O)OC[C@@H](COC(=O)CCCCCCCCCCCCC)OC(=O)CCCCCCCCCCCCCCCC(C)C. The Morgan fingerprint density at radius 1 is 0.260 bits per heavy atom. The molecule has 0 aliphatic heterocycles. The van der Waals surface area contributed by atoms with E-state index in [1.54, 1.807) is 0 Å². The molecule has 19 heteroatoms. The molecule has 0 rings (SSSR count). The first-order valence-corrected chi connectivity index (χ1v) is 47.0. The Kier molecular flexibility index (Phi) is 75.0. The number of phosphoric acid groups is 2. The summed E-state index contributed by atoms with van der Waals surface area (Å²) in [6.07, 6.45) is 68.0. The second-order valence-electron chi connectivity index (χ2n) is 31.5. The minimum atomic E-state index is -4.96. The Labute approximate surface area is 638 Å². The van der Waals surface area contributed by atoms with Crippen LogP contribution in [0.2, 0.25) is 0 Å². The summed E-state index contributed by atoms with van der Waals surface area (Å²) in [6.45, 7) is 9.69. The minimum absolute atomic E-state index is 0.108. The minimum Gasteiger partial charge on any atom is -0.462 e. The first-order valence-electron chi connectivity index (χ1n) is 44.0. The van der Waals surface area contributed by atoms with Gasteiger partial charge in [-0.15, -0.1) is 0 Å².